The van der Waals surface area contributed by atoms with E-state index in [1.54, 1.807) is 6.07 Å². The predicted octanol–water partition coefficient (Wildman–Crippen LogP) is 3.38. The Morgan fingerprint density at radius 3 is 2.85 bits per heavy atom. The summed E-state index contributed by atoms with van der Waals surface area (Å²) in [6.45, 7) is 7.82. The van der Waals surface area contributed by atoms with Gasteiger partial charge in [-0.15, -0.1) is 6.58 Å². The molecule has 0 bridgehead atoms. The molecule has 0 aliphatic rings. The second-order valence-electron chi connectivity index (χ2n) is 3.49. The Bertz CT molecular complexity index is 302. The largest absolute Gasteiger partial charge is 0.508 e. The average Bonchev–Trinajstić information content (AvgIpc) is 2.09. The molecule has 0 spiro atoms. The molecule has 1 nitrogen and oxygen atoms in total. The molecule has 0 heterocycles. The zero-order valence-electron chi connectivity index (χ0n) is 8.25. The van der Waals surface area contributed by atoms with Crippen molar-refractivity contribution < 1.29 is 5.11 Å². The van der Waals surface area contributed by atoms with Crippen molar-refractivity contribution in [3.05, 3.63) is 42.0 Å². The Morgan fingerprint density at radius 1 is 1.54 bits per heavy atom. The minimum absolute atomic E-state index is 0.345. The first kappa shape index (κ1) is 9.85. The summed E-state index contributed by atoms with van der Waals surface area (Å²) in [6, 6.07) is 5.70. The van der Waals surface area contributed by atoms with E-state index in [1.165, 1.54) is 5.56 Å². The van der Waals surface area contributed by atoms with Crippen LogP contribution in [0.25, 0.3) is 0 Å². The lowest BCUT2D eigenvalue weighted by Gasteiger charge is -2.11. The maximum absolute atomic E-state index is 9.60. The number of phenolic OH excluding ortho intramolecular Hbond substituents is 1. The third-order valence-electron chi connectivity index (χ3n) is 2.23. The van der Waals surface area contributed by atoms with E-state index in [2.05, 4.69) is 13.5 Å². The number of phenols is 1. The first-order valence-electron chi connectivity index (χ1n) is 4.55. The van der Waals surface area contributed by atoms with Gasteiger partial charge in [-0.1, -0.05) is 30.7 Å². The number of aromatic hydroxyl groups is 1. The molecule has 0 aliphatic heterocycles. The second kappa shape index (κ2) is 4.13. The molecular formula is C12H16O. The Balaban J connectivity index is 2.97. The summed E-state index contributed by atoms with van der Waals surface area (Å²) in [7, 11) is 0. The summed E-state index contributed by atoms with van der Waals surface area (Å²) >= 11 is 0. The van der Waals surface area contributed by atoms with Crippen molar-refractivity contribution in [2.75, 3.05) is 0 Å². The Labute approximate surface area is 79.7 Å². The highest BCUT2D eigenvalue weighted by atomic mass is 16.3. The van der Waals surface area contributed by atoms with Crippen LogP contribution in [0.2, 0.25) is 0 Å². The molecule has 0 radical (unpaired) electrons. The van der Waals surface area contributed by atoms with Crippen LogP contribution in [0.15, 0.2) is 30.9 Å². The minimum atomic E-state index is 0.345. The van der Waals surface area contributed by atoms with Crippen molar-refractivity contribution in [2.45, 2.75) is 26.2 Å². The summed E-state index contributed by atoms with van der Waals surface area (Å²) in [5, 5.41) is 9.60. The smallest absolute Gasteiger partial charge is 0.119 e. The lowest BCUT2D eigenvalue weighted by atomic mass is 9.95. The first-order valence-corrected chi connectivity index (χ1v) is 4.55. The molecule has 1 rings (SSSR count). The summed E-state index contributed by atoms with van der Waals surface area (Å²) < 4.78 is 0. The van der Waals surface area contributed by atoms with Gasteiger partial charge in [-0.2, -0.15) is 0 Å². The molecule has 0 saturated carbocycles. The zero-order chi connectivity index (χ0) is 9.84. The molecule has 1 aromatic rings. The summed E-state index contributed by atoms with van der Waals surface area (Å²) in [5.74, 6) is 0.734. The summed E-state index contributed by atoms with van der Waals surface area (Å²) in [5.41, 5.74) is 2.20. The van der Waals surface area contributed by atoms with Gasteiger partial charge < -0.3 is 5.11 Å². The van der Waals surface area contributed by atoms with E-state index < -0.39 is 0 Å². The summed E-state index contributed by atoms with van der Waals surface area (Å²) in [4.78, 5) is 0. The van der Waals surface area contributed by atoms with E-state index in [9.17, 15) is 5.11 Å². The first-order chi connectivity index (χ1) is 6.15. The van der Waals surface area contributed by atoms with E-state index >= 15 is 0 Å². The van der Waals surface area contributed by atoms with Crippen LogP contribution in [0, 0.1) is 6.92 Å². The monoisotopic (exact) mass is 176 g/mol. The number of allylic oxidation sites excluding steroid dienone is 1. The SMILES string of the molecule is C=CCC(C)c1cc(C)ccc1O. The number of hydrogen-bond acceptors (Lipinski definition) is 1. The Kier molecular flexibility index (Phi) is 3.13. The van der Waals surface area contributed by atoms with E-state index in [0.29, 0.717) is 11.7 Å². The standard InChI is InChI=1S/C12H16O/c1-4-5-10(3)11-8-9(2)6-7-12(11)13/h4,6-8,10,13H,1,5H2,2-3H3. The molecule has 0 aliphatic carbocycles. The molecule has 1 heteroatoms. The fourth-order valence-corrected chi connectivity index (χ4v) is 1.45. The van der Waals surface area contributed by atoms with E-state index in [-0.39, 0.29) is 0 Å². The Morgan fingerprint density at radius 2 is 2.23 bits per heavy atom. The van der Waals surface area contributed by atoms with Crippen LogP contribution in [0.4, 0.5) is 0 Å². The lowest BCUT2D eigenvalue weighted by Crippen LogP contribution is -1.92. The summed E-state index contributed by atoms with van der Waals surface area (Å²) in [6.07, 6.45) is 2.78. The van der Waals surface area contributed by atoms with E-state index in [0.717, 1.165) is 12.0 Å². The van der Waals surface area contributed by atoms with Crippen LogP contribution in [0.1, 0.15) is 30.4 Å². The molecule has 1 atom stereocenters. The van der Waals surface area contributed by atoms with Crippen molar-refractivity contribution in [3.63, 3.8) is 0 Å². The van der Waals surface area contributed by atoms with Crippen LogP contribution in [-0.4, -0.2) is 5.11 Å². The number of benzene rings is 1. The molecule has 1 unspecified atom stereocenters. The molecule has 0 amide bonds. The van der Waals surface area contributed by atoms with Gasteiger partial charge in [0.2, 0.25) is 0 Å². The number of rotatable bonds is 3. The van der Waals surface area contributed by atoms with Gasteiger partial charge in [-0.05, 0) is 30.9 Å². The van der Waals surface area contributed by atoms with Crippen LogP contribution in [0.3, 0.4) is 0 Å². The third kappa shape index (κ3) is 2.35. The van der Waals surface area contributed by atoms with Gasteiger partial charge in [0.15, 0.2) is 0 Å². The van der Waals surface area contributed by atoms with Crippen LogP contribution < -0.4 is 0 Å². The molecule has 0 aromatic heterocycles. The molecule has 0 fully saturated rings. The Hall–Kier alpha value is -1.24. The topological polar surface area (TPSA) is 20.2 Å². The van der Waals surface area contributed by atoms with Crippen LogP contribution in [-0.2, 0) is 0 Å². The number of hydrogen-bond donors (Lipinski definition) is 1. The van der Waals surface area contributed by atoms with Gasteiger partial charge >= 0.3 is 0 Å². The maximum Gasteiger partial charge on any atom is 0.119 e. The van der Waals surface area contributed by atoms with Gasteiger partial charge in [-0.3, -0.25) is 0 Å². The van der Waals surface area contributed by atoms with Crippen molar-refractivity contribution in [2.24, 2.45) is 0 Å². The van der Waals surface area contributed by atoms with Crippen molar-refractivity contribution in [1.29, 1.82) is 0 Å². The van der Waals surface area contributed by atoms with Crippen molar-refractivity contribution >= 4 is 0 Å². The van der Waals surface area contributed by atoms with Crippen molar-refractivity contribution in [1.82, 2.24) is 0 Å². The molecule has 70 valence electrons. The van der Waals surface area contributed by atoms with Gasteiger partial charge in [0.25, 0.3) is 0 Å². The quantitative estimate of drug-likeness (QED) is 0.700. The second-order valence-corrected chi connectivity index (χ2v) is 3.49. The van der Waals surface area contributed by atoms with Gasteiger partial charge in [0.1, 0.15) is 5.75 Å². The zero-order valence-corrected chi connectivity index (χ0v) is 8.25. The maximum atomic E-state index is 9.60. The predicted molar refractivity (Wildman–Crippen MR) is 56.1 cm³/mol. The van der Waals surface area contributed by atoms with Gasteiger partial charge in [0, 0.05) is 0 Å². The van der Waals surface area contributed by atoms with Crippen molar-refractivity contribution in [3.8, 4) is 5.75 Å². The molecular weight excluding hydrogens is 160 g/mol. The van der Waals surface area contributed by atoms with Gasteiger partial charge in [-0.25, -0.2) is 0 Å². The lowest BCUT2D eigenvalue weighted by molar-refractivity contribution is 0.463. The normalized spacial score (nSPS) is 12.5. The molecule has 0 saturated heterocycles. The molecule has 13 heavy (non-hydrogen) atoms. The average molecular weight is 176 g/mol. The molecule has 1 aromatic carbocycles. The fraction of sp³-hybridized carbons (Fsp3) is 0.333. The van der Waals surface area contributed by atoms with E-state index in [1.807, 2.05) is 25.1 Å². The third-order valence-corrected chi connectivity index (χ3v) is 2.23. The highest BCUT2D eigenvalue weighted by Crippen LogP contribution is 2.28. The van der Waals surface area contributed by atoms with Gasteiger partial charge in [0.05, 0.1) is 0 Å². The minimum Gasteiger partial charge on any atom is -0.508 e. The fourth-order valence-electron chi connectivity index (χ4n) is 1.45. The highest BCUT2D eigenvalue weighted by molar-refractivity contribution is 5.38. The van der Waals surface area contributed by atoms with E-state index in [4.69, 9.17) is 0 Å². The number of aryl methyl sites for hydroxylation is 1. The highest BCUT2D eigenvalue weighted by Gasteiger charge is 2.08. The molecule has 1 N–H and O–H groups in total. The van der Waals surface area contributed by atoms with Crippen LogP contribution >= 0.6 is 0 Å². The van der Waals surface area contributed by atoms with Crippen LogP contribution in [0.5, 0.6) is 5.75 Å².